The molecular weight excluding hydrogens is 428 g/mol. The van der Waals surface area contributed by atoms with E-state index in [2.05, 4.69) is 10.3 Å². The number of fused-ring (bicyclic) bond motifs is 1. The third-order valence-corrected chi connectivity index (χ3v) is 7.23. The Kier molecular flexibility index (Phi) is 5.79. The Morgan fingerprint density at radius 3 is 2.70 bits per heavy atom. The number of nitrogens with zero attached hydrogens (tertiary/aromatic N) is 3. The number of morpholine rings is 1. The Morgan fingerprint density at radius 2 is 1.93 bits per heavy atom. The molecular formula is C20H21ClN4O4S. The van der Waals surface area contributed by atoms with Gasteiger partial charge in [-0.2, -0.15) is 4.31 Å². The third-order valence-electron chi connectivity index (χ3n) is 4.85. The summed E-state index contributed by atoms with van der Waals surface area (Å²) in [6.07, 6.45) is 1.74. The smallest absolute Gasteiger partial charge is 0.258 e. The normalized spacial score (nSPS) is 15.4. The first-order valence-electron chi connectivity index (χ1n) is 9.45. The summed E-state index contributed by atoms with van der Waals surface area (Å²) >= 11 is 6.19. The molecule has 1 aromatic carbocycles. The molecule has 3 heterocycles. The molecule has 1 saturated heterocycles. The van der Waals surface area contributed by atoms with Gasteiger partial charge in [-0.1, -0.05) is 17.7 Å². The number of hydrogen-bond acceptors (Lipinski definition) is 6. The number of rotatable bonds is 5. The molecule has 0 atom stereocenters. The molecule has 2 aromatic heterocycles. The van der Waals surface area contributed by atoms with E-state index in [1.54, 1.807) is 24.4 Å². The summed E-state index contributed by atoms with van der Waals surface area (Å²) in [5.41, 5.74) is 2.46. The van der Waals surface area contributed by atoms with Crippen molar-refractivity contribution in [2.24, 2.45) is 0 Å². The van der Waals surface area contributed by atoms with E-state index in [-0.39, 0.29) is 22.0 Å². The van der Waals surface area contributed by atoms with Crippen LogP contribution in [-0.4, -0.2) is 48.4 Å². The van der Waals surface area contributed by atoms with E-state index in [4.69, 9.17) is 16.3 Å². The lowest BCUT2D eigenvalue weighted by atomic mass is 10.3. The van der Waals surface area contributed by atoms with Crippen molar-refractivity contribution in [3.05, 3.63) is 69.2 Å². The van der Waals surface area contributed by atoms with Gasteiger partial charge < -0.3 is 10.1 Å². The predicted octanol–water partition coefficient (Wildman–Crippen LogP) is 2.29. The molecule has 1 aliphatic rings. The highest BCUT2D eigenvalue weighted by molar-refractivity contribution is 7.89. The van der Waals surface area contributed by atoms with E-state index in [9.17, 15) is 13.2 Å². The number of pyridine rings is 1. The average molecular weight is 449 g/mol. The van der Waals surface area contributed by atoms with E-state index in [0.29, 0.717) is 43.3 Å². The second-order valence-corrected chi connectivity index (χ2v) is 9.35. The SMILES string of the molecule is Cc1ccc2nc(CNc3ccc(Cl)c(S(=O)(=O)N4CCOCC4)c3)cc(=O)n2c1. The van der Waals surface area contributed by atoms with Crippen LogP contribution in [0.3, 0.4) is 0 Å². The van der Waals surface area contributed by atoms with Gasteiger partial charge in [0.1, 0.15) is 10.5 Å². The quantitative estimate of drug-likeness (QED) is 0.643. The molecule has 30 heavy (non-hydrogen) atoms. The Morgan fingerprint density at radius 1 is 1.17 bits per heavy atom. The zero-order chi connectivity index (χ0) is 21.3. The maximum Gasteiger partial charge on any atom is 0.258 e. The zero-order valence-corrected chi connectivity index (χ0v) is 17.9. The summed E-state index contributed by atoms with van der Waals surface area (Å²) in [6.45, 7) is 3.47. The molecule has 0 radical (unpaired) electrons. The Balaban J connectivity index is 1.57. The van der Waals surface area contributed by atoms with Crippen molar-refractivity contribution >= 4 is 33.0 Å². The van der Waals surface area contributed by atoms with Gasteiger partial charge in [0.15, 0.2) is 0 Å². The minimum Gasteiger partial charge on any atom is -0.379 e. The molecule has 3 aromatic rings. The summed E-state index contributed by atoms with van der Waals surface area (Å²) in [5, 5.41) is 3.29. The van der Waals surface area contributed by atoms with Crippen LogP contribution in [-0.2, 0) is 21.3 Å². The average Bonchev–Trinajstić information content (AvgIpc) is 2.74. The number of aryl methyl sites for hydroxylation is 1. The van der Waals surface area contributed by atoms with E-state index < -0.39 is 10.0 Å². The highest BCUT2D eigenvalue weighted by Crippen LogP contribution is 2.28. The lowest BCUT2D eigenvalue weighted by molar-refractivity contribution is 0.0730. The van der Waals surface area contributed by atoms with Crippen LogP contribution in [0.1, 0.15) is 11.3 Å². The van der Waals surface area contributed by atoms with Gasteiger partial charge in [-0.3, -0.25) is 9.20 Å². The second-order valence-electron chi connectivity index (χ2n) is 7.04. The zero-order valence-electron chi connectivity index (χ0n) is 16.3. The molecule has 8 nitrogen and oxygen atoms in total. The van der Waals surface area contributed by atoms with Crippen molar-refractivity contribution in [3.63, 3.8) is 0 Å². The van der Waals surface area contributed by atoms with Gasteiger partial charge in [0.05, 0.1) is 30.5 Å². The van der Waals surface area contributed by atoms with Crippen LogP contribution in [0.5, 0.6) is 0 Å². The van der Waals surface area contributed by atoms with Crippen LogP contribution in [0.25, 0.3) is 5.65 Å². The highest BCUT2D eigenvalue weighted by Gasteiger charge is 2.28. The molecule has 1 aliphatic heterocycles. The van der Waals surface area contributed by atoms with Gasteiger partial charge in [-0.15, -0.1) is 0 Å². The lowest BCUT2D eigenvalue weighted by Crippen LogP contribution is -2.40. The van der Waals surface area contributed by atoms with E-state index in [1.807, 2.05) is 13.0 Å². The summed E-state index contributed by atoms with van der Waals surface area (Å²) in [5.74, 6) is 0. The molecule has 0 aliphatic carbocycles. The Bertz CT molecular complexity index is 1250. The number of anilines is 1. The first-order chi connectivity index (χ1) is 14.3. The Hall–Kier alpha value is -2.46. The van der Waals surface area contributed by atoms with E-state index >= 15 is 0 Å². The summed E-state index contributed by atoms with van der Waals surface area (Å²) in [6, 6.07) is 9.88. The van der Waals surface area contributed by atoms with Crippen LogP contribution in [0, 0.1) is 6.92 Å². The predicted molar refractivity (Wildman–Crippen MR) is 115 cm³/mol. The number of hydrogen-bond donors (Lipinski definition) is 1. The molecule has 158 valence electrons. The summed E-state index contributed by atoms with van der Waals surface area (Å²) in [4.78, 5) is 16.9. The van der Waals surface area contributed by atoms with Crippen LogP contribution in [0.15, 0.2) is 52.3 Å². The van der Waals surface area contributed by atoms with Crippen molar-refractivity contribution in [2.45, 2.75) is 18.4 Å². The molecule has 0 bridgehead atoms. The fourth-order valence-corrected chi connectivity index (χ4v) is 5.19. The maximum absolute atomic E-state index is 13.0. The van der Waals surface area contributed by atoms with Crippen molar-refractivity contribution in [3.8, 4) is 0 Å². The van der Waals surface area contributed by atoms with Gasteiger partial charge >= 0.3 is 0 Å². The maximum atomic E-state index is 13.0. The van der Waals surface area contributed by atoms with Crippen LogP contribution in [0.2, 0.25) is 5.02 Å². The number of benzene rings is 1. The van der Waals surface area contributed by atoms with Gasteiger partial charge in [-0.25, -0.2) is 13.4 Å². The molecule has 1 fully saturated rings. The van der Waals surface area contributed by atoms with Crippen molar-refractivity contribution in [1.29, 1.82) is 0 Å². The van der Waals surface area contributed by atoms with Crippen molar-refractivity contribution in [2.75, 3.05) is 31.6 Å². The molecule has 0 saturated carbocycles. The number of aromatic nitrogens is 2. The number of sulfonamides is 1. The molecule has 0 unspecified atom stereocenters. The second kappa shape index (κ2) is 8.35. The topological polar surface area (TPSA) is 93.0 Å². The molecule has 10 heteroatoms. The van der Waals surface area contributed by atoms with Crippen molar-refractivity contribution in [1.82, 2.24) is 13.7 Å². The van der Waals surface area contributed by atoms with Gasteiger partial charge in [0, 0.05) is 31.0 Å². The number of halogens is 1. The summed E-state index contributed by atoms with van der Waals surface area (Å²) < 4.78 is 34.0. The highest BCUT2D eigenvalue weighted by atomic mass is 35.5. The monoisotopic (exact) mass is 448 g/mol. The first-order valence-corrected chi connectivity index (χ1v) is 11.3. The van der Waals surface area contributed by atoms with Crippen LogP contribution < -0.4 is 10.9 Å². The number of ether oxygens (including phenoxy) is 1. The van der Waals surface area contributed by atoms with E-state index in [0.717, 1.165) is 5.56 Å². The van der Waals surface area contributed by atoms with Gasteiger partial charge in [0.2, 0.25) is 10.0 Å². The Labute approximate surface area is 179 Å². The third kappa shape index (κ3) is 4.20. The molecule has 0 spiro atoms. The standard InChI is InChI=1S/C20H21ClN4O4S/c1-14-2-5-19-23-16(11-20(26)25(19)13-14)12-22-15-3-4-17(21)18(10-15)30(27,28)24-6-8-29-9-7-24/h2-5,10-11,13,22H,6-9,12H2,1H3. The molecule has 0 amide bonds. The van der Waals surface area contributed by atoms with Crippen molar-refractivity contribution < 1.29 is 13.2 Å². The van der Waals surface area contributed by atoms with E-state index in [1.165, 1.54) is 20.8 Å². The van der Waals surface area contributed by atoms with Gasteiger partial charge in [-0.05, 0) is 36.8 Å². The lowest BCUT2D eigenvalue weighted by Gasteiger charge is -2.26. The van der Waals surface area contributed by atoms with Crippen LogP contribution >= 0.6 is 11.6 Å². The first kappa shape index (κ1) is 20.8. The molecule has 4 rings (SSSR count). The fourth-order valence-electron chi connectivity index (χ4n) is 3.28. The number of nitrogens with one attached hydrogen (secondary N) is 1. The van der Waals surface area contributed by atoms with Gasteiger partial charge in [0.25, 0.3) is 5.56 Å². The summed E-state index contributed by atoms with van der Waals surface area (Å²) in [7, 11) is -3.73. The fraction of sp³-hybridized carbons (Fsp3) is 0.300. The minimum absolute atomic E-state index is 0.0399. The molecule has 1 N–H and O–H groups in total. The largest absolute Gasteiger partial charge is 0.379 e. The minimum atomic E-state index is -3.73. The van der Waals surface area contributed by atoms with Crippen LogP contribution in [0.4, 0.5) is 5.69 Å².